The van der Waals surface area contributed by atoms with E-state index in [4.69, 9.17) is 11.6 Å². The van der Waals surface area contributed by atoms with Gasteiger partial charge in [-0.25, -0.2) is 0 Å². The van der Waals surface area contributed by atoms with Crippen LogP contribution in [0.5, 0.6) is 0 Å². The van der Waals surface area contributed by atoms with Crippen LogP contribution in [0.25, 0.3) is 11.3 Å². The standard InChI is InChI=1S/C32H32ClN5O2/c1-23-8-10-26(11-9-23)29-16-17-30(35-34-29)36-18-20-37(21-19-36)31(39)22-38(24(2)25-6-4-3-5-7-25)32(40)27-12-14-28(33)15-13-27/h3-17,24H,18-22H2,1-2H3/t24-/m1/s1. The maximum absolute atomic E-state index is 13.6. The maximum atomic E-state index is 13.6. The van der Waals surface area contributed by atoms with Gasteiger partial charge in [0.2, 0.25) is 5.91 Å². The second-order valence-electron chi connectivity index (χ2n) is 10.0. The zero-order chi connectivity index (χ0) is 28.1. The number of aryl methyl sites for hydroxylation is 1. The molecule has 4 aromatic rings. The molecule has 2 amide bonds. The summed E-state index contributed by atoms with van der Waals surface area (Å²) in [5.41, 5.74) is 4.53. The van der Waals surface area contributed by atoms with Crippen LogP contribution in [-0.2, 0) is 4.79 Å². The summed E-state index contributed by atoms with van der Waals surface area (Å²) < 4.78 is 0. The molecule has 204 valence electrons. The fourth-order valence-corrected chi connectivity index (χ4v) is 4.98. The van der Waals surface area contributed by atoms with Crippen molar-refractivity contribution < 1.29 is 9.59 Å². The van der Waals surface area contributed by atoms with E-state index in [-0.39, 0.29) is 24.4 Å². The molecule has 0 aliphatic carbocycles. The van der Waals surface area contributed by atoms with Crippen molar-refractivity contribution in [2.24, 2.45) is 0 Å². The average molecular weight is 554 g/mol. The van der Waals surface area contributed by atoms with Gasteiger partial charge in [-0.3, -0.25) is 9.59 Å². The van der Waals surface area contributed by atoms with Gasteiger partial charge in [-0.1, -0.05) is 71.8 Å². The number of benzene rings is 3. The zero-order valence-corrected chi connectivity index (χ0v) is 23.5. The first-order valence-electron chi connectivity index (χ1n) is 13.4. The molecule has 1 saturated heterocycles. The van der Waals surface area contributed by atoms with E-state index in [9.17, 15) is 9.59 Å². The van der Waals surface area contributed by atoms with Gasteiger partial charge in [-0.05, 0) is 55.8 Å². The Morgan fingerprint density at radius 2 is 1.52 bits per heavy atom. The van der Waals surface area contributed by atoms with Gasteiger partial charge < -0.3 is 14.7 Å². The van der Waals surface area contributed by atoms with Crippen LogP contribution in [0.4, 0.5) is 5.82 Å². The molecule has 1 aliphatic heterocycles. The molecule has 1 aliphatic rings. The molecule has 0 unspecified atom stereocenters. The lowest BCUT2D eigenvalue weighted by atomic mass is 10.1. The Labute approximate surface area is 240 Å². The first kappa shape index (κ1) is 27.3. The summed E-state index contributed by atoms with van der Waals surface area (Å²) in [7, 11) is 0. The minimum absolute atomic E-state index is 0.0113. The van der Waals surface area contributed by atoms with Gasteiger partial charge in [0.25, 0.3) is 5.91 Å². The van der Waals surface area contributed by atoms with Crippen LogP contribution in [0.15, 0.2) is 91.0 Å². The van der Waals surface area contributed by atoms with Crippen molar-refractivity contribution in [1.82, 2.24) is 20.0 Å². The van der Waals surface area contributed by atoms with Crippen LogP contribution in [-0.4, -0.2) is 64.5 Å². The summed E-state index contributed by atoms with van der Waals surface area (Å²) in [6.07, 6.45) is 0. The third-order valence-corrected chi connectivity index (χ3v) is 7.61. The SMILES string of the molecule is Cc1ccc(-c2ccc(N3CCN(C(=O)CN(C(=O)c4ccc(Cl)cc4)[C@H](C)c4ccccc4)CC3)nn2)cc1. The van der Waals surface area contributed by atoms with Gasteiger partial charge in [0.15, 0.2) is 5.82 Å². The second kappa shape index (κ2) is 12.3. The minimum Gasteiger partial charge on any atom is -0.352 e. The number of halogens is 1. The molecule has 0 spiro atoms. The number of carbonyl (C=O) groups excluding carboxylic acids is 2. The Hall–Kier alpha value is -4.23. The summed E-state index contributed by atoms with van der Waals surface area (Å²) in [5, 5.41) is 9.43. The minimum atomic E-state index is -0.281. The fourth-order valence-electron chi connectivity index (χ4n) is 4.86. The van der Waals surface area contributed by atoms with E-state index in [2.05, 4.69) is 34.2 Å². The first-order chi connectivity index (χ1) is 19.4. The molecule has 7 nitrogen and oxygen atoms in total. The highest BCUT2D eigenvalue weighted by Gasteiger charge is 2.29. The van der Waals surface area contributed by atoms with E-state index >= 15 is 0 Å². The maximum Gasteiger partial charge on any atom is 0.254 e. The number of hydrogen-bond donors (Lipinski definition) is 0. The number of piperazine rings is 1. The number of amides is 2. The Balaban J connectivity index is 1.24. The molecule has 40 heavy (non-hydrogen) atoms. The number of anilines is 1. The molecule has 1 aromatic heterocycles. The van der Waals surface area contributed by atoms with Crippen LogP contribution in [0.1, 0.15) is 34.5 Å². The van der Waals surface area contributed by atoms with Crippen molar-refractivity contribution in [2.45, 2.75) is 19.9 Å². The van der Waals surface area contributed by atoms with E-state index in [1.807, 2.05) is 66.4 Å². The van der Waals surface area contributed by atoms with E-state index in [0.29, 0.717) is 36.8 Å². The highest BCUT2D eigenvalue weighted by Crippen LogP contribution is 2.24. The molecule has 0 saturated carbocycles. The van der Waals surface area contributed by atoms with Gasteiger partial charge in [-0.2, -0.15) is 0 Å². The average Bonchev–Trinajstić information content (AvgIpc) is 3.00. The smallest absolute Gasteiger partial charge is 0.254 e. The summed E-state index contributed by atoms with van der Waals surface area (Å²) in [6, 6.07) is 28.4. The molecule has 0 bridgehead atoms. The number of hydrogen-bond acceptors (Lipinski definition) is 5. The molecule has 0 radical (unpaired) electrons. The molecule has 3 aromatic carbocycles. The summed E-state index contributed by atoms with van der Waals surface area (Å²) in [6.45, 7) is 6.37. The first-order valence-corrected chi connectivity index (χ1v) is 13.8. The molecule has 8 heteroatoms. The zero-order valence-electron chi connectivity index (χ0n) is 22.7. The molecular weight excluding hydrogens is 522 g/mol. The topological polar surface area (TPSA) is 69.6 Å². The monoisotopic (exact) mass is 553 g/mol. The van der Waals surface area contributed by atoms with Gasteiger partial charge in [-0.15, -0.1) is 10.2 Å². The van der Waals surface area contributed by atoms with E-state index in [1.54, 1.807) is 29.2 Å². The third-order valence-electron chi connectivity index (χ3n) is 7.36. The van der Waals surface area contributed by atoms with Crippen LogP contribution in [0.3, 0.4) is 0 Å². The Kier molecular flexibility index (Phi) is 8.41. The number of rotatable bonds is 7. The van der Waals surface area contributed by atoms with Crippen molar-refractivity contribution in [3.63, 3.8) is 0 Å². The molecule has 2 heterocycles. The van der Waals surface area contributed by atoms with Gasteiger partial charge in [0.1, 0.15) is 6.54 Å². The summed E-state index contributed by atoms with van der Waals surface area (Å²) in [5.74, 6) is 0.509. The predicted octanol–water partition coefficient (Wildman–Crippen LogP) is 5.66. The second-order valence-corrected chi connectivity index (χ2v) is 10.5. The largest absolute Gasteiger partial charge is 0.352 e. The van der Waals surface area contributed by atoms with Gasteiger partial charge >= 0.3 is 0 Å². The van der Waals surface area contributed by atoms with Crippen LogP contribution < -0.4 is 4.90 Å². The number of aromatic nitrogens is 2. The Morgan fingerprint density at radius 1 is 0.850 bits per heavy atom. The Morgan fingerprint density at radius 3 is 2.15 bits per heavy atom. The highest BCUT2D eigenvalue weighted by atomic mass is 35.5. The van der Waals surface area contributed by atoms with Crippen molar-refractivity contribution >= 4 is 29.2 Å². The molecule has 0 N–H and O–H groups in total. The van der Waals surface area contributed by atoms with E-state index in [1.165, 1.54) is 5.56 Å². The fraction of sp³-hybridized carbons (Fsp3) is 0.250. The van der Waals surface area contributed by atoms with Crippen LogP contribution >= 0.6 is 11.6 Å². The lowest BCUT2D eigenvalue weighted by molar-refractivity contribution is -0.132. The lowest BCUT2D eigenvalue weighted by Crippen LogP contribution is -2.52. The third kappa shape index (κ3) is 6.32. The van der Waals surface area contributed by atoms with Gasteiger partial charge in [0.05, 0.1) is 11.7 Å². The van der Waals surface area contributed by atoms with Crippen molar-refractivity contribution in [1.29, 1.82) is 0 Å². The van der Waals surface area contributed by atoms with Crippen molar-refractivity contribution in [2.75, 3.05) is 37.6 Å². The van der Waals surface area contributed by atoms with Gasteiger partial charge in [0, 0.05) is 42.3 Å². The summed E-state index contributed by atoms with van der Waals surface area (Å²) in [4.78, 5) is 32.6. The molecular formula is C32H32ClN5O2. The summed E-state index contributed by atoms with van der Waals surface area (Å²) >= 11 is 6.04. The molecule has 5 rings (SSSR count). The van der Waals surface area contributed by atoms with Crippen LogP contribution in [0, 0.1) is 6.92 Å². The molecule has 1 atom stereocenters. The van der Waals surface area contributed by atoms with Crippen molar-refractivity contribution in [3.8, 4) is 11.3 Å². The Bertz CT molecular complexity index is 1440. The van der Waals surface area contributed by atoms with E-state index in [0.717, 1.165) is 22.6 Å². The number of nitrogens with zero attached hydrogens (tertiary/aromatic N) is 5. The highest BCUT2D eigenvalue weighted by molar-refractivity contribution is 6.30. The number of carbonyl (C=O) groups is 2. The lowest BCUT2D eigenvalue weighted by Gasteiger charge is -2.37. The quantitative estimate of drug-likeness (QED) is 0.295. The normalized spacial score (nSPS) is 14.1. The van der Waals surface area contributed by atoms with Crippen LogP contribution in [0.2, 0.25) is 5.02 Å². The predicted molar refractivity (Wildman–Crippen MR) is 158 cm³/mol. The van der Waals surface area contributed by atoms with Crippen molar-refractivity contribution in [3.05, 3.63) is 113 Å². The molecule has 1 fully saturated rings. The van der Waals surface area contributed by atoms with E-state index < -0.39 is 0 Å².